The van der Waals surface area contributed by atoms with Gasteiger partial charge in [-0.2, -0.15) is 0 Å². The van der Waals surface area contributed by atoms with E-state index in [0.29, 0.717) is 6.04 Å². The zero-order valence-corrected chi connectivity index (χ0v) is 14.3. The third-order valence-corrected chi connectivity index (χ3v) is 5.75. The first kappa shape index (κ1) is 16.1. The number of fused-ring (bicyclic) bond motifs is 1. The van der Waals surface area contributed by atoms with Crippen molar-refractivity contribution in [2.24, 2.45) is 5.92 Å². The maximum Gasteiger partial charge on any atom is 0.249 e. The van der Waals surface area contributed by atoms with Gasteiger partial charge in [0.2, 0.25) is 5.91 Å². The molecule has 24 heavy (non-hydrogen) atoms. The van der Waals surface area contributed by atoms with Gasteiger partial charge in [0, 0.05) is 25.7 Å². The second kappa shape index (κ2) is 7.24. The van der Waals surface area contributed by atoms with Gasteiger partial charge in [0.25, 0.3) is 0 Å². The Morgan fingerprint density at radius 2 is 1.96 bits per heavy atom. The van der Waals surface area contributed by atoms with Gasteiger partial charge in [0.05, 0.1) is 6.10 Å². The van der Waals surface area contributed by atoms with Crippen molar-refractivity contribution in [1.82, 2.24) is 10.2 Å². The molecule has 0 bridgehead atoms. The summed E-state index contributed by atoms with van der Waals surface area (Å²) in [7, 11) is 0. The number of ether oxygens (including phenoxy) is 1. The summed E-state index contributed by atoms with van der Waals surface area (Å²) >= 11 is 0. The lowest BCUT2D eigenvalue weighted by Gasteiger charge is -2.35. The first-order chi connectivity index (χ1) is 11.8. The molecule has 3 atom stereocenters. The van der Waals surface area contributed by atoms with E-state index in [1.165, 1.54) is 18.4 Å². The average molecular weight is 328 g/mol. The molecule has 2 heterocycles. The molecule has 130 valence electrons. The van der Waals surface area contributed by atoms with E-state index in [-0.39, 0.29) is 18.1 Å². The van der Waals surface area contributed by atoms with E-state index >= 15 is 0 Å². The Bertz CT molecular complexity index is 558. The lowest BCUT2D eigenvalue weighted by molar-refractivity contribution is -0.143. The summed E-state index contributed by atoms with van der Waals surface area (Å²) in [6, 6.07) is 11.2. The Morgan fingerprint density at radius 3 is 2.75 bits per heavy atom. The topological polar surface area (TPSA) is 41.6 Å². The Labute approximate surface area is 144 Å². The molecule has 1 amide bonds. The Balaban J connectivity index is 1.25. The molecule has 1 saturated carbocycles. The normalized spacial score (nSPS) is 30.1. The van der Waals surface area contributed by atoms with Crippen LogP contribution in [-0.4, -0.2) is 48.7 Å². The maximum absolute atomic E-state index is 12.3. The van der Waals surface area contributed by atoms with Crippen molar-refractivity contribution in [2.75, 3.05) is 19.6 Å². The SMILES string of the molecule is O=C(NCC1CC1)[C@H]1CC[C@@H]2[C@@H](CCN2CCc2ccccc2)O1. The van der Waals surface area contributed by atoms with Gasteiger partial charge in [0.1, 0.15) is 6.10 Å². The van der Waals surface area contributed by atoms with E-state index in [2.05, 4.69) is 40.5 Å². The molecule has 3 aliphatic rings. The number of likely N-dealkylation sites (tertiary alicyclic amines) is 1. The highest BCUT2D eigenvalue weighted by atomic mass is 16.5. The Morgan fingerprint density at radius 1 is 1.12 bits per heavy atom. The van der Waals surface area contributed by atoms with Gasteiger partial charge in [-0.3, -0.25) is 9.69 Å². The summed E-state index contributed by atoms with van der Waals surface area (Å²) in [6.07, 6.45) is 6.66. The van der Waals surface area contributed by atoms with Gasteiger partial charge in [-0.25, -0.2) is 0 Å². The van der Waals surface area contributed by atoms with Crippen molar-refractivity contribution in [3.8, 4) is 0 Å². The summed E-state index contributed by atoms with van der Waals surface area (Å²) in [5.74, 6) is 0.841. The zero-order chi connectivity index (χ0) is 16.4. The van der Waals surface area contributed by atoms with Crippen LogP contribution in [0.15, 0.2) is 30.3 Å². The summed E-state index contributed by atoms with van der Waals surface area (Å²) < 4.78 is 6.15. The van der Waals surface area contributed by atoms with Crippen LogP contribution >= 0.6 is 0 Å². The Hall–Kier alpha value is -1.39. The number of carbonyl (C=O) groups is 1. The lowest BCUT2D eigenvalue weighted by Crippen LogP contribution is -2.48. The molecule has 2 aliphatic heterocycles. The highest BCUT2D eigenvalue weighted by Crippen LogP contribution is 2.32. The summed E-state index contributed by atoms with van der Waals surface area (Å²) in [5, 5.41) is 3.07. The van der Waals surface area contributed by atoms with E-state index in [9.17, 15) is 4.79 Å². The lowest BCUT2D eigenvalue weighted by atomic mass is 9.98. The molecule has 0 radical (unpaired) electrons. The number of nitrogens with one attached hydrogen (secondary N) is 1. The number of amides is 1. The van der Waals surface area contributed by atoms with E-state index in [0.717, 1.165) is 51.2 Å². The zero-order valence-electron chi connectivity index (χ0n) is 14.3. The molecule has 4 heteroatoms. The van der Waals surface area contributed by atoms with Gasteiger partial charge in [-0.1, -0.05) is 30.3 Å². The van der Waals surface area contributed by atoms with Gasteiger partial charge in [-0.05, 0) is 50.0 Å². The van der Waals surface area contributed by atoms with Crippen LogP contribution < -0.4 is 5.32 Å². The van der Waals surface area contributed by atoms with Crippen LogP contribution in [0, 0.1) is 5.92 Å². The number of hydrogen-bond acceptors (Lipinski definition) is 3. The molecule has 1 aliphatic carbocycles. The highest BCUT2D eigenvalue weighted by molar-refractivity contribution is 5.80. The third-order valence-electron chi connectivity index (χ3n) is 5.75. The predicted octanol–water partition coefficient (Wildman–Crippen LogP) is 2.38. The van der Waals surface area contributed by atoms with E-state index in [4.69, 9.17) is 4.74 Å². The van der Waals surface area contributed by atoms with Crippen molar-refractivity contribution in [1.29, 1.82) is 0 Å². The van der Waals surface area contributed by atoms with Crippen molar-refractivity contribution < 1.29 is 9.53 Å². The fourth-order valence-corrected chi connectivity index (χ4v) is 4.08. The molecule has 4 nitrogen and oxygen atoms in total. The number of hydrogen-bond donors (Lipinski definition) is 1. The molecule has 0 aromatic heterocycles. The van der Waals surface area contributed by atoms with E-state index in [1.54, 1.807) is 0 Å². The van der Waals surface area contributed by atoms with Crippen LogP contribution in [-0.2, 0) is 16.0 Å². The average Bonchev–Trinajstić information content (AvgIpc) is 3.37. The molecule has 0 spiro atoms. The Kier molecular flexibility index (Phi) is 4.86. The molecular formula is C20H28N2O2. The monoisotopic (exact) mass is 328 g/mol. The van der Waals surface area contributed by atoms with Crippen molar-refractivity contribution in [3.63, 3.8) is 0 Å². The van der Waals surface area contributed by atoms with Crippen LogP contribution in [0.3, 0.4) is 0 Å². The largest absolute Gasteiger partial charge is 0.363 e. The number of rotatable bonds is 6. The summed E-state index contributed by atoms with van der Waals surface area (Å²) in [6.45, 7) is 3.03. The third kappa shape index (κ3) is 3.81. The molecule has 1 aromatic carbocycles. The van der Waals surface area contributed by atoms with Crippen LogP contribution in [0.25, 0.3) is 0 Å². The molecular weight excluding hydrogens is 300 g/mol. The van der Waals surface area contributed by atoms with Gasteiger partial charge in [-0.15, -0.1) is 0 Å². The van der Waals surface area contributed by atoms with E-state index < -0.39 is 0 Å². The minimum Gasteiger partial charge on any atom is -0.363 e. The van der Waals surface area contributed by atoms with Gasteiger partial charge in [0.15, 0.2) is 0 Å². The fourth-order valence-electron chi connectivity index (χ4n) is 4.08. The summed E-state index contributed by atoms with van der Waals surface area (Å²) in [5.41, 5.74) is 1.40. The smallest absolute Gasteiger partial charge is 0.249 e. The number of nitrogens with zero attached hydrogens (tertiary/aromatic N) is 1. The standard InChI is InChI=1S/C20H28N2O2/c23-20(21-14-16-6-7-16)19-9-8-17-18(24-19)11-13-22(17)12-10-15-4-2-1-3-5-15/h1-5,16-19H,6-14H2,(H,21,23)/t17-,18-,19-/m1/s1. The minimum atomic E-state index is -0.223. The molecule has 2 saturated heterocycles. The molecule has 4 rings (SSSR count). The van der Waals surface area contributed by atoms with Crippen molar-refractivity contribution >= 4 is 5.91 Å². The highest BCUT2D eigenvalue weighted by Gasteiger charge is 2.41. The van der Waals surface area contributed by atoms with Gasteiger partial charge >= 0.3 is 0 Å². The quantitative estimate of drug-likeness (QED) is 0.872. The van der Waals surface area contributed by atoms with Crippen LogP contribution in [0.1, 0.15) is 37.7 Å². The number of benzene rings is 1. The second-order valence-electron chi connectivity index (χ2n) is 7.56. The number of carbonyl (C=O) groups excluding carboxylic acids is 1. The van der Waals surface area contributed by atoms with Crippen LogP contribution in [0.5, 0.6) is 0 Å². The fraction of sp³-hybridized carbons (Fsp3) is 0.650. The molecule has 0 unspecified atom stereocenters. The first-order valence-corrected chi connectivity index (χ1v) is 9.51. The second-order valence-corrected chi connectivity index (χ2v) is 7.56. The summed E-state index contributed by atoms with van der Waals surface area (Å²) in [4.78, 5) is 14.8. The molecule has 3 fully saturated rings. The van der Waals surface area contributed by atoms with Crippen molar-refractivity contribution in [2.45, 2.75) is 56.8 Å². The maximum atomic E-state index is 12.3. The van der Waals surface area contributed by atoms with Crippen LogP contribution in [0.4, 0.5) is 0 Å². The van der Waals surface area contributed by atoms with E-state index in [1.807, 2.05) is 0 Å². The molecule has 1 N–H and O–H groups in total. The van der Waals surface area contributed by atoms with Crippen LogP contribution in [0.2, 0.25) is 0 Å². The van der Waals surface area contributed by atoms with Crippen molar-refractivity contribution in [3.05, 3.63) is 35.9 Å². The minimum absolute atomic E-state index is 0.114. The first-order valence-electron chi connectivity index (χ1n) is 9.51. The predicted molar refractivity (Wildman–Crippen MR) is 93.8 cm³/mol. The molecule has 1 aromatic rings. The van der Waals surface area contributed by atoms with Gasteiger partial charge < -0.3 is 10.1 Å².